The second kappa shape index (κ2) is 7.69. The summed E-state index contributed by atoms with van der Waals surface area (Å²) in [5.41, 5.74) is -0.266. The Labute approximate surface area is 160 Å². The number of rotatable bonds is 4. The lowest BCUT2D eigenvalue weighted by molar-refractivity contribution is -0.141. The number of aliphatic hydroxyl groups is 1. The van der Waals surface area contributed by atoms with Gasteiger partial charge >= 0.3 is 0 Å². The smallest absolute Gasteiger partial charge is 0.237 e. The molecule has 27 heavy (non-hydrogen) atoms. The second-order valence-electron chi connectivity index (χ2n) is 7.86. The molecule has 0 spiro atoms. The van der Waals surface area contributed by atoms with Crippen LogP contribution in [-0.2, 0) is 9.53 Å². The van der Waals surface area contributed by atoms with Gasteiger partial charge in [0.05, 0.1) is 24.3 Å². The molecular weight excluding hydrogens is 346 g/mol. The molecule has 0 bridgehead atoms. The van der Waals surface area contributed by atoms with E-state index in [-0.39, 0.29) is 23.7 Å². The maximum absolute atomic E-state index is 13.0. The van der Waals surface area contributed by atoms with Crippen molar-refractivity contribution in [2.45, 2.75) is 43.4 Å². The quantitative estimate of drug-likeness (QED) is 0.801. The lowest BCUT2D eigenvalue weighted by atomic mass is 9.79. The van der Waals surface area contributed by atoms with E-state index < -0.39 is 0 Å². The van der Waals surface area contributed by atoms with E-state index in [0.717, 1.165) is 57.9 Å². The predicted molar refractivity (Wildman–Crippen MR) is 100 cm³/mol. The summed E-state index contributed by atoms with van der Waals surface area (Å²) >= 11 is 0. The van der Waals surface area contributed by atoms with Gasteiger partial charge in [-0.2, -0.15) is 0 Å². The Bertz CT molecular complexity index is 652. The third-order valence-electron chi connectivity index (χ3n) is 6.45. The zero-order valence-corrected chi connectivity index (χ0v) is 16.0. The number of methoxy groups -OCH3 is 1. The molecule has 3 fully saturated rings. The fraction of sp³-hybridized carbons (Fsp3) is 0.737. The molecule has 1 amide bonds. The minimum atomic E-state index is -0.332. The molecule has 2 saturated heterocycles. The normalized spacial score (nSPS) is 31.8. The maximum atomic E-state index is 13.0. The Morgan fingerprint density at radius 1 is 1.22 bits per heavy atom. The second-order valence-corrected chi connectivity index (χ2v) is 7.86. The van der Waals surface area contributed by atoms with Crippen molar-refractivity contribution in [1.29, 1.82) is 0 Å². The van der Waals surface area contributed by atoms with Crippen LogP contribution < -0.4 is 4.90 Å². The number of anilines is 1. The number of hydrogen-bond donors (Lipinski definition) is 1. The first-order valence-electron chi connectivity index (χ1n) is 9.88. The van der Waals surface area contributed by atoms with Crippen molar-refractivity contribution in [2.24, 2.45) is 0 Å². The zero-order chi connectivity index (χ0) is 18.9. The van der Waals surface area contributed by atoms with E-state index in [0.29, 0.717) is 13.0 Å². The SMILES string of the molecule is CO[C@@]12CC[C@H](O)C[C@@H]1N(C(=O)CN1CCN(c3ncccn3)CC1)CC2. The molecule has 8 heteroatoms. The number of ether oxygens (including phenoxy) is 1. The maximum Gasteiger partial charge on any atom is 0.237 e. The van der Waals surface area contributed by atoms with Crippen LogP contribution >= 0.6 is 0 Å². The summed E-state index contributed by atoms with van der Waals surface area (Å²) in [5.74, 6) is 0.904. The van der Waals surface area contributed by atoms with Gasteiger partial charge in [-0.15, -0.1) is 0 Å². The number of aliphatic hydroxyl groups excluding tert-OH is 1. The van der Waals surface area contributed by atoms with Crippen LogP contribution in [-0.4, -0.2) is 94.9 Å². The fourth-order valence-electron chi connectivity index (χ4n) is 4.82. The summed E-state index contributed by atoms with van der Waals surface area (Å²) in [7, 11) is 1.74. The summed E-state index contributed by atoms with van der Waals surface area (Å²) < 4.78 is 5.85. The Hall–Kier alpha value is -1.77. The molecule has 0 radical (unpaired) electrons. The molecule has 1 aliphatic carbocycles. The van der Waals surface area contributed by atoms with Gasteiger partial charge in [0, 0.05) is 52.2 Å². The molecule has 4 rings (SSSR count). The van der Waals surface area contributed by atoms with Gasteiger partial charge in [0.2, 0.25) is 11.9 Å². The zero-order valence-electron chi connectivity index (χ0n) is 16.0. The molecule has 1 saturated carbocycles. The molecule has 3 heterocycles. The van der Waals surface area contributed by atoms with E-state index in [1.54, 1.807) is 19.5 Å². The van der Waals surface area contributed by atoms with E-state index in [2.05, 4.69) is 19.8 Å². The number of hydrogen-bond acceptors (Lipinski definition) is 7. The molecule has 1 aromatic rings. The highest BCUT2D eigenvalue weighted by molar-refractivity contribution is 5.79. The van der Waals surface area contributed by atoms with Crippen molar-refractivity contribution in [2.75, 3.05) is 51.3 Å². The average Bonchev–Trinajstić information content (AvgIpc) is 3.08. The summed E-state index contributed by atoms with van der Waals surface area (Å²) in [6.07, 6.45) is 6.26. The number of aromatic nitrogens is 2. The van der Waals surface area contributed by atoms with Crippen molar-refractivity contribution in [3.63, 3.8) is 0 Å². The average molecular weight is 375 g/mol. The molecule has 2 aliphatic heterocycles. The molecule has 0 unspecified atom stereocenters. The summed E-state index contributed by atoms with van der Waals surface area (Å²) in [6.45, 7) is 4.43. The van der Waals surface area contributed by atoms with Crippen molar-refractivity contribution in [3.05, 3.63) is 18.5 Å². The summed E-state index contributed by atoms with van der Waals surface area (Å²) in [4.78, 5) is 27.9. The van der Waals surface area contributed by atoms with E-state index >= 15 is 0 Å². The largest absolute Gasteiger partial charge is 0.393 e. The number of fused-ring (bicyclic) bond motifs is 1. The van der Waals surface area contributed by atoms with Crippen LogP contribution in [0.3, 0.4) is 0 Å². The third kappa shape index (κ3) is 3.66. The van der Waals surface area contributed by atoms with Gasteiger partial charge in [-0.05, 0) is 31.7 Å². The van der Waals surface area contributed by atoms with Crippen LogP contribution in [0.1, 0.15) is 25.7 Å². The number of likely N-dealkylation sites (tertiary alicyclic amines) is 1. The van der Waals surface area contributed by atoms with Crippen molar-refractivity contribution < 1.29 is 14.6 Å². The van der Waals surface area contributed by atoms with Crippen molar-refractivity contribution in [3.8, 4) is 0 Å². The van der Waals surface area contributed by atoms with Gasteiger partial charge in [-0.1, -0.05) is 0 Å². The van der Waals surface area contributed by atoms with Crippen LogP contribution in [0, 0.1) is 0 Å². The molecule has 0 aromatic carbocycles. The molecule has 8 nitrogen and oxygen atoms in total. The topological polar surface area (TPSA) is 82.0 Å². The predicted octanol–water partition coefficient (Wildman–Crippen LogP) is 0.130. The molecule has 148 valence electrons. The number of nitrogens with zero attached hydrogens (tertiary/aromatic N) is 5. The number of carbonyl (C=O) groups excluding carboxylic acids is 1. The summed E-state index contributed by atoms with van der Waals surface area (Å²) in [6, 6.07) is 1.81. The van der Waals surface area contributed by atoms with E-state index in [9.17, 15) is 9.90 Å². The number of piperazine rings is 1. The van der Waals surface area contributed by atoms with Crippen LogP contribution in [0.25, 0.3) is 0 Å². The first kappa shape index (κ1) is 18.6. The Balaban J connectivity index is 1.33. The first-order chi connectivity index (χ1) is 13.1. The highest BCUT2D eigenvalue weighted by atomic mass is 16.5. The van der Waals surface area contributed by atoms with Gasteiger partial charge in [0.15, 0.2) is 0 Å². The lowest BCUT2D eigenvalue weighted by Crippen LogP contribution is -2.55. The standard InChI is InChI=1S/C19H29N5O3/c1-27-19-4-3-15(25)13-16(19)24(8-5-19)17(26)14-22-9-11-23(12-10-22)18-20-6-2-7-21-18/h2,6-7,15-16,25H,3-5,8-14H2,1H3/t15-,16-,19+/m0/s1. The molecule has 1 aromatic heterocycles. The molecule has 1 N–H and O–H groups in total. The monoisotopic (exact) mass is 375 g/mol. The van der Waals surface area contributed by atoms with Gasteiger partial charge in [0.1, 0.15) is 0 Å². The highest BCUT2D eigenvalue weighted by Gasteiger charge is 2.52. The van der Waals surface area contributed by atoms with Crippen molar-refractivity contribution >= 4 is 11.9 Å². The van der Waals surface area contributed by atoms with Gasteiger partial charge < -0.3 is 19.6 Å². The molecule has 3 atom stereocenters. The van der Waals surface area contributed by atoms with Crippen molar-refractivity contribution in [1.82, 2.24) is 19.8 Å². The lowest BCUT2D eigenvalue weighted by Gasteiger charge is -2.43. The Morgan fingerprint density at radius 3 is 2.67 bits per heavy atom. The third-order valence-corrected chi connectivity index (χ3v) is 6.45. The van der Waals surface area contributed by atoms with E-state index in [1.807, 2.05) is 11.0 Å². The number of carbonyl (C=O) groups is 1. The fourth-order valence-corrected chi connectivity index (χ4v) is 4.82. The summed E-state index contributed by atoms with van der Waals surface area (Å²) in [5, 5.41) is 10.1. The minimum Gasteiger partial charge on any atom is -0.393 e. The highest BCUT2D eigenvalue weighted by Crippen LogP contribution is 2.42. The van der Waals surface area contributed by atoms with E-state index in [4.69, 9.17) is 4.74 Å². The van der Waals surface area contributed by atoms with E-state index in [1.165, 1.54) is 0 Å². The van der Waals surface area contributed by atoms with Gasteiger partial charge in [0.25, 0.3) is 0 Å². The van der Waals surface area contributed by atoms with Crippen LogP contribution in [0.15, 0.2) is 18.5 Å². The van der Waals surface area contributed by atoms with Crippen LogP contribution in [0.4, 0.5) is 5.95 Å². The molecule has 3 aliphatic rings. The first-order valence-corrected chi connectivity index (χ1v) is 9.88. The van der Waals surface area contributed by atoms with Crippen LogP contribution in [0.2, 0.25) is 0 Å². The van der Waals surface area contributed by atoms with Gasteiger partial charge in [-0.25, -0.2) is 9.97 Å². The minimum absolute atomic E-state index is 0.00208. The number of amides is 1. The molecular formula is C19H29N5O3. The Morgan fingerprint density at radius 2 is 1.96 bits per heavy atom. The van der Waals surface area contributed by atoms with Gasteiger partial charge in [-0.3, -0.25) is 9.69 Å². The Kier molecular flexibility index (Phi) is 5.29. The van der Waals surface area contributed by atoms with Crippen LogP contribution in [0.5, 0.6) is 0 Å².